The normalized spacial score (nSPS) is 11.3. The predicted molar refractivity (Wildman–Crippen MR) is 67.4 cm³/mol. The van der Waals surface area contributed by atoms with Crippen molar-refractivity contribution in [2.45, 2.75) is 19.1 Å². The number of halogens is 1. The number of ether oxygens (including phenoxy) is 2. The van der Waals surface area contributed by atoms with E-state index < -0.39 is 9.05 Å². The molecular weight excluding hydrogens is 264 g/mol. The first-order valence-electron chi connectivity index (χ1n) is 5.08. The Kier molecular flexibility index (Phi) is 4.65. The minimum atomic E-state index is -3.58. The summed E-state index contributed by atoms with van der Waals surface area (Å²) in [7, 11) is 4.75. The smallest absolute Gasteiger partial charge is 0.236 e. The van der Waals surface area contributed by atoms with Gasteiger partial charge in [-0.2, -0.15) is 0 Å². The van der Waals surface area contributed by atoms with Gasteiger partial charge in [-0.05, 0) is 18.1 Å². The molecule has 4 nitrogen and oxygen atoms in total. The van der Waals surface area contributed by atoms with Crippen molar-refractivity contribution in [3.05, 3.63) is 23.3 Å². The second-order valence-corrected chi connectivity index (χ2v) is 6.25. The molecule has 0 aliphatic heterocycles. The average molecular weight is 279 g/mol. The predicted octanol–water partition coefficient (Wildman–Crippen LogP) is 2.33. The molecule has 0 N–H and O–H groups in total. The van der Waals surface area contributed by atoms with Crippen LogP contribution in [0.5, 0.6) is 11.5 Å². The Morgan fingerprint density at radius 2 is 1.88 bits per heavy atom. The van der Waals surface area contributed by atoms with Gasteiger partial charge in [0.1, 0.15) is 0 Å². The van der Waals surface area contributed by atoms with Crippen LogP contribution in [0.25, 0.3) is 0 Å². The molecule has 17 heavy (non-hydrogen) atoms. The van der Waals surface area contributed by atoms with E-state index in [-0.39, 0.29) is 5.75 Å². The Balaban J connectivity index is 3.33. The van der Waals surface area contributed by atoms with Crippen molar-refractivity contribution in [3.63, 3.8) is 0 Å². The van der Waals surface area contributed by atoms with Crippen LogP contribution < -0.4 is 9.47 Å². The van der Waals surface area contributed by atoms with Gasteiger partial charge in [-0.15, -0.1) is 0 Å². The fourth-order valence-corrected chi connectivity index (χ4v) is 2.73. The Hall–Kier alpha value is -0.940. The molecule has 0 saturated carbocycles. The summed E-state index contributed by atoms with van der Waals surface area (Å²) in [6.45, 7) is 1.92. The molecule has 0 radical (unpaired) electrons. The summed E-state index contributed by atoms with van der Waals surface area (Å²) in [5.74, 6) is 0.936. The Morgan fingerprint density at radius 1 is 1.24 bits per heavy atom. The zero-order chi connectivity index (χ0) is 13.1. The molecule has 0 atom stereocenters. The second-order valence-electron chi connectivity index (χ2n) is 3.48. The lowest BCUT2D eigenvalue weighted by Crippen LogP contribution is -2.03. The van der Waals surface area contributed by atoms with Gasteiger partial charge in [0.05, 0.1) is 20.0 Å². The minimum Gasteiger partial charge on any atom is -0.493 e. The number of hydrogen-bond donors (Lipinski definition) is 0. The third kappa shape index (κ3) is 3.51. The van der Waals surface area contributed by atoms with Crippen LogP contribution in [0.2, 0.25) is 0 Å². The molecule has 0 amide bonds. The molecule has 0 spiro atoms. The SMILES string of the molecule is CCc1c(CS(=O)(=O)Cl)ccc(OC)c1OC. The highest BCUT2D eigenvalue weighted by molar-refractivity contribution is 8.13. The van der Waals surface area contributed by atoms with Crippen LogP contribution in [0.1, 0.15) is 18.1 Å². The summed E-state index contributed by atoms with van der Waals surface area (Å²) in [6, 6.07) is 3.37. The van der Waals surface area contributed by atoms with Crippen molar-refractivity contribution in [1.29, 1.82) is 0 Å². The van der Waals surface area contributed by atoms with E-state index in [0.717, 1.165) is 5.56 Å². The topological polar surface area (TPSA) is 52.6 Å². The molecule has 96 valence electrons. The van der Waals surface area contributed by atoms with Crippen LogP contribution in [0.15, 0.2) is 12.1 Å². The van der Waals surface area contributed by atoms with E-state index >= 15 is 0 Å². The van der Waals surface area contributed by atoms with Crippen LogP contribution in [0.4, 0.5) is 0 Å². The van der Waals surface area contributed by atoms with E-state index in [1.165, 1.54) is 14.2 Å². The zero-order valence-corrected chi connectivity index (χ0v) is 11.6. The van der Waals surface area contributed by atoms with Crippen LogP contribution in [0.3, 0.4) is 0 Å². The molecule has 1 aromatic carbocycles. The van der Waals surface area contributed by atoms with Crippen molar-refractivity contribution < 1.29 is 17.9 Å². The van der Waals surface area contributed by atoms with Crippen LogP contribution in [-0.4, -0.2) is 22.6 Å². The molecule has 0 aliphatic carbocycles. The summed E-state index contributed by atoms with van der Waals surface area (Å²) in [5.41, 5.74) is 1.44. The van der Waals surface area contributed by atoms with Gasteiger partial charge in [0.25, 0.3) is 0 Å². The summed E-state index contributed by atoms with van der Waals surface area (Å²) in [4.78, 5) is 0. The zero-order valence-electron chi connectivity index (χ0n) is 9.99. The maximum absolute atomic E-state index is 11.1. The van der Waals surface area contributed by atoms with Gasteiger partial charge in [-0.25, -0.2) is 8.42 Å². The lowest BCUT2D eigenvalue weighted by Gasteiger charge is -2.15. The first kappa shape index (κ1) is 14.1. The molecule has 1 aromatic rings. The number of methoxy groups -OCH3 is 2. The Bertz CT molecular complexity index is 496. The van der Waals surface area contributed by atoms with Crippen LogP contribution in [0, 0.1) is 0 Å². The van der Waals surface area contributed by atoms with Crippen molar-refractivity contribution in [1.82, 2.24) is 0 Å². The third-order valence-electron chi connectivity index (χ3n) is 2.43. The van der Waals surface area contributed by atoms with Gasteiger partial charge < -0.3 is 9.47 Å². The highest BCUT2D eigenvalue weighted by atomic mass is 35.7. The average Bonchev–Trinajstić information content (AvgIpc) is 2.26. The van der Waals surface area contributed by atoms with Gasteiger partial charge >= 0.3 is 0 Å². The van der Waals surface area contributed by atoms with Crippen molar-refractivity contribution in [2.24, 2.45) is 0 Å². The molecule has 0 aromatic heterocycles. The van der Waals surface area contributed by atoms with E-state index in [4.69, 9.17) is 20.2 Å². The number of rotatable bonds is 5. The molecule has 0 aliphatic rings. The monoisotopic (exact) mass is 278 g/mol. The third-order valence-corrected chi connectivity index (χ3v) is 3.41. The van der Waals surface area contributed by atoms with Crippen LogP contribution in [-0.2, 0) is 21.2 Å². The van der Waals surface area contributed by atoms with E-state index in [1.807, 2.05) is 6.92 Å². The van der Waals surface area contributed by atoms with E-state index in [9.17, 15) is 8.42 Å². The lowest BCUT2D eigenvalue weighted by molar-refractivity contribution is 0.351. The molecule has 0 unspecified atom stereocenters. The fourth-order valence-electron chi connectivity index (χ4n) is 1.74. The molecule has 0 saturated heterocycles. The molecule has 0 fully saturated rings. The standard InChI is InChI=1S/C11H15ClO4S/c1-4-9-8(7-17(12,13)14)5-6-10(15-2)11(9)16-3/h5-6H,4,7H2,1-3H3. The van der Waals surface area contributed by atoms with Gasteiger partial charge in [-0.3, -0.25) is 0 Å². The van der Waals surface area contributed by atoms with E-state index in [1.54, 1.807) is 12.1 Å². The Labute approximate surface area is 106 Å². The van der Waals surface area contributed by atoms with Gasteiger partial charge in [0, 0.05) is 16.2 Å². The maximum atomic E-state index is 11.1. The second kappa shape index (κ2) is 5.60. The van der Waals surface area contributed by atoms with Gasteiger partial charge in [0.2, 0.25) is 9.05 Å². The summed E-state index contributed by atoms with van der Waals surface area (Å²) < 4.78 is 32.6. The maximum Gasteiger partial charge on any atom is 0.236 e. The molecule has 6 heteroatoms. The summed E-state index contributed by atoms with van der Waals surface area (Å²) >= 11 is 0. The van der Waals surface area contributed by atoms with Gasteiger partial charge in [0.15, 0.2) is 11.5 Å². The summed E-state index contributed by atoms with van der Waals surface area (Å²) in [6.07, 6.45) is 0.641. The molecular formula is C11H15ClO4S. The summed E-state index contributed by atoms with van der Waals surface area (Å²) in [5, 5.41) is 0. The lowest BCUT2D eigenvalue weighted by atomic mass is 10.0. The first-order chi connectivity index (χ1) is 7.92. The Morgan fingerprint density at radius 3 is 2.29 bits per heavy atom. The molecule has 1 rings (SSSR count). The highest BCUT2D eigenvalue weighted by Gasteiger charge is 2.17. The van der Waals surface area contributed by atoms with E-state index in [2.05, 4.69) is 0 Å². The quantitative estimate of drug-likeness (QED) is 0.776. The fraction of sp³-hybridized carbons (Fsp3) is 0.455. The van der Waals surface area contributed by atoms with Crippen molar-refractivity contribution >= 4 is 19.7 Å². The minimum absolute atomic E-state index is 0.210. The highest BCUT2D eigenvalue weighted by Crippen LogP contribution is 2.34. The van der Waals surface area contributed by atoms with Crippen molar-refractivity contribution in [3.8, 4) is 11.5 Å². The number of benzene rings is 1. The molecule has 0 heterocycles. The largest absolute Gasteiger partial charge is 0.493 e. The van der Waals surface area contributed by atoms with Crippen LogP contribution >= 0.6 is 10.7 Å². The van der Waals surface area contributed by atoms with Crippen molar-refractivity contribution in [2.75, 3.05) is 14.2 Å². The van der Waals surface area contributed by atoms with Gasteiger partial charge in [-0.1, -0.05) is 13.0 Å². The molecule has 0 bridgehead atoms. The van der Waals surface area contributed by atoms with E-state index in [0.29, 0.717) is 23.5 Å². The first-order valence-corrected chi connectivity index (χ1v) is 7.55. The number of hydrogen-bond acceptors (Lipinski definition) is 4.